The summed E-state index contributed by atoms with van der Waals surface area (Å²) in [6.45, 7) is 5.12. The highest BCUT2D eigenvalue weighted by atomic mass is 15.3. The summed E-state index contributed by atoms with van der Waals surface area (Å²) in [5.41, 5.74) is 9.19. The fourth-order valence-electron chi connectivity index (χ4n) is 4.45. The van der Waals surface area contributed by atoms with E-state index in [-0.39, 0.29) is 6.04 Å². The van der Waals surface area contributed by atoms with Crippen LogP contribution in [0.5, 0.6) is 0 Å². The average Bonchev–Trinajstić information content (AvgIpc) is 3.17. The van der Waals surface area contributed by atoms with Crippen molar-refractivity contribution in [3.05, 3.63) is 35.4 Å². The Morgan fingerprint density at radius 3 is 2.50 bits per heavy atom. The van der Waals surface area contributed by atoms with E-state index < -0.39 is 0 Å². The molecule has 2 heterocycles. The molecule has 2 N–H and O–H groups in total. The van der Waals surface area contributed by atoms with E-state index in [1.165, 1.54) is 56.6 Å². The van der Waals surface area contributed by atoms with Crippen molar-refractivity contribution in [2.75, 3.05) is 26.2 Å². The first-order valence-corrected chi connectivity index (χ1v) is 8.15. The number of nitrogens with two attached hydrogens (primary N) is 1. The van der Waals surface area contributed by atoms with Crippen LogP contribution in [0, 0.1) is 0 Å². The third-order valence-corrected chi connectivity index (χ3v) is 5.52. The Kier molecular flexibility index (Phi) is 3.29. The standard InChI is InChI=1S/C17H25N3/c18-16-11-17(15-6-2-1-5-14(15)16)20-10-7-13(12-20)19-8-3-4-9-19/h1-2,5-6,13,16-17H,3-4,7-12,18H2. The molecule has 1 aromatic rings. The molecule has 0 bridgehead atoms. The molecule has 4 rings (SSSR count). The maximum atomic E-state index is 6.32. The zero-order valence-electron chi connectivity index (χ0n) is 12.2. The first-order chi connectivity index (χ1) is 9.83. The van der Waals surface area contributed by atoms with E-state index in [2.05, 4.69) is 34.1 Å². The van der Waals surface area contributed by atoms with Crippen LogP contribution in [0.3, 0.4) is 0 Å². The lowest BCUT2D eigenvalue weighted by Gasteiger charge is -2.27. The minimum absolute atomic E-state index is 0.238. The highest BCUT2D eigenvalue weighted by Crippen LogP contribution is 2.42. The summed E-state index contributed by atoms with van der Waals surface area (Å²) in [7, 11) is 0. The van der Waals surface area contributed by atoms with Crippen LogP contribution in [0.25, 0.3) is 0 Å². The molecule has 0 radical (unpaired) electrons. The predicted octanol–water partition coefficient (Wildman–Crippen LogP) is 2.30. The summed E-state index contributed by atoms with van der Waals surface area (Å²) >= 11 is 0. The lowest BCUT2D eigenvalue weighted by molar-refractivity contribution is 0.196. The van der Waals surface area contributed by atoms with Crippen molar-refractivity contribution in [2.45, 2.75) is 43.8 Å². The van der Waals surface area contributed by atoms with Gasteiger partial charge in [0.15, 0.2) is 0 Å². The van der Waals surface area contributed by atoms with Crippen molar-refractivity contribution < 1.29 is 0 Å². The minimum atomic E-state index is 0.238. The molecule has 2 fully saturated rings. The van der Waals surface area contributed by atoms with Gasteiger partial charge in [0.25, 0.3) is 0 Å². The summed E-state index contributed by atoms with van der Waals surface area (Å²) < 4.78 is 0. The van der Waals surface area contributed by atoms with E-state index in [0.29, 0.717) is 6.04 Å². The molecule has 108 valence electrons. The first kappa shape index (κ1) is 12.8. The van der Waals surface area contributed by atoms with Crippen molar-refractivity contribution in [3.8, 4) is 0 Å². The maximum absolute atomic E-state index is 6.32. The number of hydrogen-bond donors (Lipinski definition) is 1. The van der Waals surface area contributed by atoms with Gasteiger partial charge in [0.2, 0.25) is 0 Å². The van der Waals surface area contributed by atoms with E-state index in [9.17, 15) is 0 Å². The quantitative estimate of drug-likeness (QED) is 0.896. The maximum Gasteiger partial charge on any atom is 0.0370 e. The Bertz CT molecular complexity index is 481. The zero-order valence-corrected chi connectivity index (χ0v) is 12.2. The van der Waals surface area contributed by atoms with Gasteiger partial charge in [0.1, 0.15) is 0 Å². The molecule has 1 aromatic carbocycles. The molecule has 0 saturated carbocycles. The molecule has 3 unspecified atom stereocenters. The highest BCUT2D eigenvalue weighted by molar-refractivity contribution is 5.37. The Labute approximate surface area is 121 Å². The largest absolute Gasteiger partial charge is 0.324 e. The van der Waals surface area contributed by atoms with Gasteiger partial charge in [0.05, 0.1) is 0 Å². The molecule has 20 heavy (non-hydrogen) atoms. The van der Waals surface area contributed by atoms with Crippen LogP contribution < -0.4 is 5.73 Å². The van der Waals surface area contributed by atoms with Gasteiger partial charge in [-0.05, 0) is 49.9 Å². The van der Waals surface area contributed by atoms with Crippen molar-refractivity contribution >= 4 is 0 Å². The van der Waals surface area contributed by atoms with E-state index in [0.717, 1.165) is 12.5 Å². The minimum Gasteiger partial charge on any atom is -0.324 e. The van der Waals surface area contributed by atoms with Crippen molar-refractivity contribution in [1.82, 2.24) is 9.80 Å². The second-order valence-corrected chi connectivity index (χ2v) is 6.67. The number of fused-ring (bicyclic) bond motifs is 1. The second-order valence-electron chi connectivity index (χ2n) is 6.67. The van der Waals surface area contributed by atoms with Gasteiger partial charge in [0, 0.05) is 31.2 Å². The normalized spacial score (nSPS) is 34.8. The van der Waals surface area contributed by atoms with Gasteiger partial charge in [-0.3, -0.25) is 9.80 Å². The van der Waals surface area contributed by atoms with Crippen LogP contribution >= 0.6 is 0 Å². The first-order valence-electron chi connectivity index (χ1n) is 8.15. The lowest BCUT2D eigenvalue weighted by Crippen LogP contribution is -2.36. The number of likely N-dealkylation sites (tertiary alicyclic amines) is 2. The molecule has 2 aliphatic heterocycles. The van der Waals surface area contributed by atoms with Gasteiger partial charge in [-0.2, -0.15) is 0 Å². The second kappa shape index (κ2) is 5.14. The molecular formula is C17H25N3. The SMILES string of the molecule is NC1CC(N2CCC(N3CCCC3)C2)c2ccccc21. The van der Waals surface area contributed by atoms with Crippen LogP contribution in [0.15, 0.2) is 24.3 Å². The molecule has 0 amide bonds. The summed E-state index contributed by atoms with van der Waals surface area (Å²) in [5.74, 6) is 0. The highest BCUT2D eigenvalue weighted by Gasteiger charge is 2.37. The third-order valence-electron chi connectivity index (χ3n) is 5.52. The monoisotopic (exact) mass is 271 g/mol. The number of benzene rings is 1. The van der Waals surface area contributed by atoms with Crippen molar-refractivity contribution in [1.29, 1.82) is 0 Å². The Balaban J connectivity index is 1.50. The molecule has 0 spiro atoms. The molecule has 3 heteroatoms. The van der Waals surface area contributed by atoms with Gasteiger partial charge >= 0.3 is 0 Å². The molecule has 3 atom stereocenters. The van der Waals surface area contributed by atoms with E-state index in [1.54, 1.807) is 0 Å². The van der Waals surface area contributed by atoms with Crippen LogP contribution in [-0.4, -0.2) is 42.0 Å². The molecule has 1 aliphatic carbocycles. The van der Waals surface area contributed by atoms with E-state index >= 15 is 0 Å². The topological polar surface area (TPSA) is 32.5 Å². The predicted molar refractivity (Wildman–Crippen MR) is 81.5 cm³/mol. The smallest absolute Gasteiger partial charge is 0.0370 e. The molecular weight excluding hydrogens is 246 g/mol. The Hall–Kier alpha value is -0.900. The van der Waals surface area contributed by atoms with Gasteiger partial charge in [-0.1, -0.05) is 24.3 Å². The lowest BCUT2D eigenvalue weighted by atomic mass is 10.1. The third kappa shape index (κ3) is 2.09. The van der Waals surface area contributed by atoms with Crippen LogP contribution in [0.4, 0.5) is 0 Å². The molecule has 3 aliphatic rings. The Morgan fingerprint density at radius 2 is 1.70 bits per heavy atom. The summed E-state index contributed by atoms with van der Waals surface area (Å²) in [6.07, 6.45) is 5.24. The van der Waals surface area contributed by atoms with Gasteiger partial charge in [-0.25, -0.2) is 0 Å². The number of nitrogens with zero attached hydrogens (tertiary/aromatic N) is 2. The van der Waals surface area contributed by atoms with Crippen LogP contribution in [0.2, 0.25) is 0 Å². The fourth-order valence-corrected chi connectivity index (χ4v) is 4.45. The van der Waals surface area contributed by atoms with Crippen molar-refractivity contribution in [3.63, 3.8) is 0 Å². The zero-order chi connectivity index (χ0) is 13.5. The average molecular weight is 271 g/mol. The molecule has 3 nitrogen and oxygen atoms in total. The van der Waals surface area contributed by atoms with Gasteiger partial charge < -0.3 is 5.73 Å². The molecule has 2 saturated heterocycles. The number of hydrogen-bond acceptors (Lipinski definition) is 3. The summed E-state index contributed by atoms with van der Waals surface area (Å²) in [5, 5.41) is 0. The summed E-state index contributed by atoms with van der Waals surface area (Å²) in [6, 6.07) is 10.4. The van der Waals surface area contributed by atoms with Crippen LogP contribution in [0.1, 0.15) is 48.9 Å². The molecule has 0 aromatic heterocycles. The fraction of sp³-hybridized carbons (Fsp3) is 0.647. The van der Waals surface area contributed by atoms with E-state index in [4.69, 9.17) is 5.73 Å². The summed E-state index contributed by atoms with van der Waals surface area (Å²) in [4.78, 5) is 5.40. The van der Waals surface area contributed by atoms with Crippen LogP contribution in [-0.2, 0) is 0 Å². The van der Waals surface area contributed by atoms with Gasteiger partial charge in [-0.15, -0.1) is 0 Å². The number of rotatable bonds is 2. The van der Waals surface area contributed by atoms with Crippen molar-refractivity contribution in [2.24, 2.45) is 5.73 Å². The Morgan fingerprint density at radius 1 is 0.950 bits per heavy atom. The van der Waals surface area contributed by atoms with E-state index in [1.807, 2.05) is 0 Å².